The van der Waals surface area contributed by atoms with Gasteiger partial charge in [0, 0.05) is 24.7 Å². The second-order valence-corrected chi connectivity index (χ2v) is 8.34. The maximum Gasteiger partial charge on any atom is 0.287 e. The summed E-state index contributed by atoms with van der Waals surface area (Å²) in [6.45, 7) is 4.51. The number of piperidine rings is 1. The van der Waals surface area contributed by atoms with Crippen LogP contribution in [0.5, 0.6) is 0 Å². The Hall–Kier alpha value is -2.12. The Balaban J connectivity index is 1.61. The molecule has 0 atom stereocenters. The van der Waals surface area contributed by atoms with Crippen LogP contribution < -0.4 is 5.32 Å². The second kappa shape index (κ2) is 7.01. The van der Waals surface area contributed by atoms with Gasteiger partial charge < -0.3 is 9.73 Å². The van der Waals surface area contributed by atoms with Crippen LogP contribution >= 0.6 is 0 Å². The molecule has 0 aliphatic carbocycles. The summed E-state index contributed by atoms with van der Waals surface area (Å²) in [5.74, 6) is 0.0667. The van der Waals surface area contributed by atoms with Crippen LogP contribution in [-0.2, 0) is 10.0 Å². The van der Waals surface area contributed by atoms with Gasteiger partial charge in [-0.15, -0.1) is 0 Å². The van der Waals surface area contributed by atoms with Crippen molar-refractivity contribution in [1.82, 2.24) is 9.62 Å². The van der Waals surface area contributed by atoms with Gasteiger partial charge in [0.05, 0.1) is 11.2 Å². The molecule has 1 aromatic heterocycles. The van der Waals surface area contributed by atoms with Crippen molar-refractivity contribution in [1.29, 1.82) is 0 Å². The van der Waals surface area contributed by atoms with Gasteiger partial charge in [-0.05, 0) is 44.9 Å². The molecule has 1 aliphatic heterocycles. The van der Waals surface area contributed by atoms with Crippen molar-refractivity contribution in [3.8, 4) is 0 Å². The van der Waals surface area contributed by atoms with Gasteiger partial charge in [-0.3, -0.25) is 4.79 Å². The van der Waals surface area contributed by atoms with E-state index in [0.29, 0.717) is 36.6 Å². The number of nitrogens with one attached hydrogen (secondary N) is 1. The van der Waals surface area contributed by atoms with Crippen LogP contribution in [0, 0.1) is 13.8 Å². The van der Waals surface area contributed by atoms with E-state index >= 15 is 0 Å². The number of sulfonamides is 1. The summed E-state index contributed by atoms with van der Waals surface area (Å²) < 4.78 is 32.0. The molecule has 0 saturated carbocycles. The zero-order chi connectivity index (χ0) is 18.0. The Kier molecular flexibility index (Phi) is 4.96. The van der Waals surface area contributed by atoms with E-state index in [2.05, 4.69) is 5.32 Å². The smallest absolute Gasteiger partial charge is 0.287 e. The fraction of sp³-hybridized carbons (Fsp3) is 0.389. The summed E-state index contributed by atoms with van der Waals surface area (Å²) >= 11 is 0. The van der Waals surface area contributed by atoms with E-state index < -0.39 is 10.0 Å². The number of carbonyl (C=O) groups excluding carboxylic acids is 1. The zero-order valence-electron chi connectivity index (χ0n) is 14.4. The van der Waals surface area contributed by atoms with E-state index in [-0.39, 0.29) is 11.9 Å². The molecule has 134 valence electrons. The quantitative estimate of drug-likeness (QED) is 0.906. The molecule has 2 aromatic rings. The average molecular weight is 362 g/mol. The van der Waals surface area contributed by atoms with Gasteiger partial charge in [0.25, 0.3) is 5.91 Å². The minimum atomic E-state index is -3.48. The summed E-state index contributed by atoms with van der Waals surface area (Å²) in [6.07, 6.45) is 2.65. The van der Waals surface area contributed by atoms with Crippen LogP contribution in [0.3, 0.4) is 0 Å². The highest BCUT2D eigenvalue weighted by atomic mass is 32.2. The lowest BCUT2D eigenvalue weighted by Crippen LogP contribution is -2.46. The molecule has 6 nitrogen and oxygen atoms in total. The van der Waals surface area contributed by atoms with Crippen LogP contribution in [0.1, 0.15) is 34.5 Å². The van der Waals surface area contributed by atoms with E-state index in [0.717, 1.165) is 11.1 Å². The van der Waals surface area contributed by atoms with Crippen molar-refractivity contribution in [2.24, 2.45) is 0 Å². The molecule has 1 fully saturated rings. The molecule has 0 spiro atoms. The molecule has 0 radical (unpaired) electrons. The summed E-state index contributed by atoms with van der Waals surface area (Å²) in [5, 5.41) is 2.93. The molecule has 0 bridgehead atoms. The van der Waals surface area contributed by atoms with Gasteiger partial charge in [0.1, 0.15) is 0 Å². The molecule has 1 N–H and O–H groups in total. The standard InChI is InChI=1S/C18H22N2O4S/c1-13-3-5-16(6-4-13)25(22,23)20-10-7-15(8-11-20)19-18(21)17-14(2)9-12-24-17/h3-6,9,12,15H,7-8,10-11H2,1-2H3,(H,19,21). The minimum absolute atomic E-state index is 0.0542. The molecule has 1 saturated heterocycles. The number of benzene rings is 1. The Bertz CT molecular complexity index is 847. The summed E-state index contributed by atoms with van der Waals surface area (Å²) in [7, 11) is -3.48. The maximum atomic E-state index is 12.7. The van der Waals surface area contributed by atoms with Crippen molar-refractivity contribution < 1.29 is 17.6 Å². The summed E-state index contributed by atoms with van der Waals surface area (Å²) in [5.41, 5.74) is 1.81. The van der Waals surface area contributed by atoms with Crippen molar-refractivity contribution in [2.45, 2.75) is 37.6 Å². The first-order valence-corrected chi connectivity index (χ1v) is 9.74. The highest BCUT2D eigenvalue weighted by Crippen LogP contribution is 2.21. The molecule has 3 rings (SSSR count). The first kappa shape index (κ1) is 17.7. The Morgan fingerprint density at radius 3 is 2.32 bits per heavy atom. The predicted octanol–water partition coefficient (Wildman–Crippen LogP) is 2.48. The van der Waals surface area contributed by atoms with Crippen LogP contribution in [-0.4, -0.2) is 37.8 Å². The Morgan fingerprint density at radius 1 is 1.12 bits per heavy atom. The van der Waals surface area contributed by atoms with Gasteiger partial charge in [0.15, 0.2) is 5.76 Å². The molecule has 2 heterocycles. The Labute approximate surface area is 147 Å². The molecular weight excluding hydrogens is 340 g/mol. The van der Waals surface area contributed by atoms with Crippen molar-refractivity contribution in [3.63, 3.8) is 0 Å². The van der Waals surface area contributed by atoms with Gasteiger partial charge in [-0.2, -0.15) is 4.31 Å². The van der Waals surface area contributed by atoms with Crippen molar-refractivity contribution >= 4 is 15.9 Å². The van der Waals surface area contributed by atoms with Crippen LogP contribution in [0.25, 0.3) is 0 Å². The Morgan fingerprint density at radius 2 is 1.76 bits per heavy atom. The number of hydrogen-bond donors (Lipinski definition) is 1. The summed E-state index contributed by atoms with van der Waals surface area (Å²) in [4.78, 5) is 12.5. The third-order valence-electron chi connectivity index (χ3n) is 4.52. The third kappa shape index (κ3) is 3.77. The molecule has 1 aromatic carbocycles. The lowest BCUT2D eigenvalue weighted by Gasteiger charge is -2.31. The lowest BCUT2D eigenvalue weighted by atomic mass is 10.1. The number of carbonyl (C=O) groups is 1. The van der Waals surface area contributed by atoms with Crippen molar-refractivity contribution in [3.05, 3.63) is 53.5 Å². The zero-order valence-corrected chi connectivity index (χ0v) is 15.2. The number of hydrogen-bond acceptors (Lipinski definition) is 4. The predicted molar refractivity (Wildman–Crippen MR) is 93.9 cm³/mol. The third-order valence-corrected chi connectivity index (χ3v) is 6.43. The molecule has 0 unspecified atom stereocenters. The topological polar surface area (TPSA) is 79.6 Å². The van der Waals surface area contributed by atoms with E-state index in [9.17, 15) is 13.2 Å². The van der Waals surface area contributed by atoms with E-state index in [4.69, 9.17) is 4.42 Å². The van der Waals surface area contributed by atoms with E-state index in [1.807, 2.05) is 13.8 Å². The van der Waals surface area contributed by atoms with E-state index in [1.54, 1.807) is 30.3 Å². The first-order valence-electron chi connectivity index (χ1n) is 8.29. The highest BCUT2D eigenvalue weighted by Gasteiger charge is 2.30. The van der Waals surface area contributed by atoms with Crippen LogP contribution in [0.2, 0.25) is 0 Å². The fourth-order valence-electron chi connectivity index (χ4n) is 2.96. The van der Waals surface area contributed by atoms with Crippen LogP contribution in [0.4, 0.5) is 0 Å². The van der Waals surface area contributed by atoms with Crippen molar-refractivity contribution in [2.75, 3.05) is 13.1 Å². The van der Waals surface area contributed by atoms with Gasteiger partial charge in [-0.25, -0.2) is 8.42 Å². The van der Waals surface area contributed by atoms with Gasteiger partial charge >= 0.3 is 0 Å². The number of amides is 1. The SMILES string of the molecule is Cc1ccc(S(=O)(=O)N2CCC(NC(=O)c3occc3C)CC2)cc1. The molecule has 25 heavy (non-hydrogen) atoms. The van der Waals surface area contributed by atoms with Gasteiger partial charge in [0.2, 0.25) is 10.0 Å². The first-order chi connectivity index (χ1) is 11.9. The molecule has 1 aliphatic rings. The summed E-state index contributed by atoms with van der Waals surface area (Å²) in [6, 6.07) is 8.56. The number of aryl methyl sites for hydroxylation is 2. The van der Waals surface area contributed by atoms with Gasteiger partial charge in [-0.1, -0.05) is 17.7 Å². The fourth-order valence-corrected chi connectivity index (χ4v) is 4.43. The largest absolute Gasteiger partial charge is 0.459 e. The molecule has 7 heteroatoms. The highest BCUT2D eigenvalue weighted by molar-refractivity contribution is 7.89. The number of furan rings is 1. The van der Waals surface area contributed by atoms with E-state index in [1.165, 1.54) is 10.6 Å². The maximum absolute atomic E-state index is 12.7. The lowest BCUT2D eigenvalue weighted by molar-refractivity contribution is 0.0895. The normalized spacial score (nSPS) is 16.7. The monoisotopic (exact) mass is 362 g/mol. The number of nitrogens with zero attached hydrogens (tertiary/aromatic N) is 1. The minimum Gasteiger partial charge on any atom is -0.459 e. The molecule has 1 amide bonds. The second-order valence-electron chi connectivity index (χ2n) is 6.40. The average Bonchev–Trinajstić information content (AvgIpc) is 3.02. The number of rotatable bonds is 4. The molecular formula is C18H22N2O4S. The van der Waals surface area contributed by atoms with Crippen LogP contribution in [0.15, 0.2) is 45.9 Å².